The lowest BCUT2D eigenvalue weighted by Crippen LogP contribution is -2.35. The lowest BCUT2D eigenvalue weighted by atomic mass is 10.1. The molecule has 17 heavy (non-hydrogen) atoms. The monoisotopic (exact) mass is 247 g/mol. The van der Waals surface area contributed by atoms with Crippen molar-refractivity contribution in [3.63, 3.8) is 0 Å². The Morgan fingerprint density at radius 3 is 2.41 bits per heavy atom. The Balaban J connectivity index is 2.38. The molecule has 1 aromatic heterocycles. The molecule has 0 saturated heterocycles. The van der Waals surface area contributed by atoms with E-state index in [1.807, 2.05) is 0 Å². The molecule has 1 N–H and O–H groups in total. The molecule has 0 aliphatic rings. The molecule has 1 aromatic carbocycles. The topological polar surface area (TPSA) is 15.9 Å². The van der Waals surface area contributed by atoms with Gasteiger partial charge in [-0.3, -0.25) is 0 Å². The van der Waals surface area contributed by atoms with Crippen molar-refractivity contribution >= 4 is 22.2 Å². The van der Waals surface area contributed by atoms with E-state index in [-0.39, 0.29) is 0 Å². The SMILES string of the molecule is CC[n+]1c(C)csc1Nc1c(C)cccc1C. The van der Waals surface area contributed by atoms with E-state index < -0.39 is 0 Å². The minimum absolute atomic E-state index is 1.00. The average Bonchev–Trinajstić information content (AvgIpc) is 2.64. The van der Waals surface area contributed by atoms with E-state index in [1.165, 1.54) is 27.6 Å². The standard InChI is InChI=1S/C14H18N2S/c1-5-16-12(4)9-17-14(16)15-13-10(2)7-6-8-11(13)3/h6-9H,5H2,1-4H3/p+1. The summed E-state index contributed by atoms with van der Waals surface area (Å²) >= 11 is 1.76. The van der Waals surface area contributed by atoms with Crippen molar-refractivity contribution in [1.82, 2.24) is 0 Å². The van der Waals surface area contributed by atoms with E-state index in [4.69, 9.17) is 0 Å². The second-order valence-corrected chi connectivity index (χ2v) is 5.18. The smallest absolute Gasteiger partial charge is 0.231 e. The minimum atomic E-state index is 1.00. The van der Waals surface area contributed by atoms with Crippen LogP contribution in [0.1, 0.15) is 23.7 Å². The van der Waals surface area contributed by atoms with E-state index in [1.54, 1.807) is 11.3 Å². The van der Waals surface area contributed by atoms with Gasteiger partial charge in [0.15, 0.2) is 0 Å². The fourth-order valence-electron chi connectivity index (χ4n) is 2.04. The average molecular weight is 247 g/mol. The van der Waals surface area contributed by atoms with Crippen LogP contribution in [0, 0.1) is 20.8 Å². The molecule has 0 radical (unpaired) electrons. The number of nitrogens with zero attached hydrogens (tertiary/aromatic N) is 1. The minimum Gasteiger partial charge on any atom is -0.231 e. The highest BCUT2D eigenvalue weighted by Gasteiger charge is 2.16. The molecule has 0 spiro atoms. The van der Waals surface area contributed by atoms with Gasteiger partial charge in [-0.2, -0.15) is 0 Å². The fourth-order valence-corrected chi connectivity index (χ4v) is 3.01. The molecule has 0 saturated carbocycles. The van der Waals surface area contributed by atoms with Gasteiger partial charge < -0.3 is 0 Å². The summed E-state index contributed by atoms with van der Waals surface area (Å²) in [5.41, 5.74) is 5.13. The number of para-hydroxylation sites is 1. The molecule has 1 heterocycles. The zero-order valence-corrected chi connectivity index (χ0v) is 11.7. The Hall–Kier alpha value is -1.35. The number of rotatable bonds is 3. The van der Waals surface area contributed by atoms with Gasteiger partial charge in [-0.25, -0.2) is 9.88 Å². The second-order valence-electron chi connectivity index (χ2n) is 4.32. The molecule has 0 aliphatic heterocycles. The summed E-state index contributed by atoms with van der Waals surface area (Å²) in [4.78, 5) is 0. The van der Waals surface area contributed by atoms with Crippen LogP contribution < -0.4 is 9.88 Å². The molecule has 2 aromatic rings. The summed E-state index contributed by atoms with van der Waals surface area (Å²) in [5, 5.41) is 6.97. The van der Waals surface area contributed by atoms with Gasteiger partial charge in [0.2, 0.25) is 0 Å². The number of nitrogens with one attached hydrogen (secondary N) is 1. The molecule has 0 fully saturated rings. The van der Waals surface area contributed by atoms with Crippen molar-refractivity contribution in [1.29, 1.82) is 0 Å². The third-order valence-electron chi connectivity index (χ3n) is 3.04. The Labute approximate surface area is 107 Å². The number of thiazole rings is 1. The van der Waals surface area contributed by atoms with E-state index in [0.717, 1.165) is 6.54 Å². The molecular formula is C14H19N2S+. The molecule has 2 rings (SSSR count). The van der Waals surface area contributed by atoms with E-state index in [9.17, 15) is 0 Å². The van der Waals surface area contributed by atoms with E-state index in [0.29, 0.717) is 0 Å². The third-order valence-corrected chi connectivity index (χ3v) is 4.05. The van der Waals surface area contributed by atoms with Crippen LogP contribution in [-0.4, -0.2) is 0 Å². The van der Waals surface area contributed by atoms with E-state index in [2.05, 4.69) is 61.2 Å². The first-order valence-electron chi connectivity index (χ1n) is 5.94. The summed E-state index contributed by atoms with van der Waals surface area (Å²) in [7, 11) is 0. The number of hydrogen-bond donors (Lipinski definition) is 1. The van der Waals surface area contributed by atoms with Gasteiger partial charge in [-0.15, -0.1) is 0 Å². The van der Waals surface area contributed by atoms with Crippen LogP contribution in [0.25, 0.3) is 0 Å². The summed E-state index contributed by atoms with van der Waals surface area (Å²) in [6.45, 7) is 9.62. The number of anilines is 2. The van der Waals surface area contributed by atoms with Crippen LogP contribution in [0.15, 0.2) is 23.6 Å². The molecule has 0 unspecified atom stereocenters. The van der Waals surface area contributed by atoms with Crippen LogP contribution >= 0.6 is 11.3 Å². The third kappa shape index (κ3) is 2.34. The Morgan fingerprint density at radius 2 is 1.82 bits per heavy atom. The molecule has 3 heteroatoms. The first-order valence-corrected chi connectivity index (χ1v) is 6.82. The summed E-state index contributed by atoms with van der Waals surface area (Å²) in [5.74, 6) is 0. The maximum atomic E-state index is 3.56. The highest BCUT2D eigenvalue weighted by Crippen LogP contribution is 2.25. The summed E-state index contributed by atoms with van der Waals surface area (Å²) in [6.07, 6.45) is 0. The highest BCUT2D eigenvalue weighted by molar-refractivity contribution is 7.13. The first-order chi connectivity index (χ1) is 8.13. The lowest BCUT2D eigenvalue weighted by molar-refractivity contribution is -0.681. The predicted octanol–water partition coefficient (Wildman–Crippen LogP) is 3.72. The number of hydrogen-bond acceptors (Lipinski definition) is 2. The molecule has 0 amide bonds. The quantitative estimate of drug-likeness (QED) is 0.817. The van der Waals surface area contributed by atoms with Gasteiger partial charge in [-0.05, 0) is 38.8 Å². The Morgan fingerprint density at radius 1 is 1.18 bits per heavy atom. The zero-order chi connectivity index (χ0) is 12.4. The number of aromatic nitrogens is 1. The van der Waals surface area contributed by atoms with Gasteiger partial charge in [0.05, 0.1) is 6.54 Å². The lowest BCUT2D eigenvalue weighted by Gasteiger charge is -2.06. The van der Waals surface area contributed by atoms with E-state index >= 15 is 0 Å². The van der Waals surface area contributed by atoms with Gasteiger partial charge >= 0.3 is 5.13 Å². The molecule has 0 bridgehead atoms. The molecule has 2 nitrogen and oxygen atoms in total. The number of benzene rings is 1. The van der Waals surface area contributed by atoms with Crippen LogP contribution in [0.3, 0.4) is 0 Å². The van der Waals surface area contributed by atoms with Crippen molar-refractivity contribution in [2.75, 3.05) is 5.32 Å². The maximum Gasteiger partial charge on any atom is 0.339 e. The molecular weight excluding hydrogens is 228 g/mol. The number of aryl methyl sites for hydroxylation is 3. The largest absolute Gasteiger partial charge is 0.339 e. The van der Waals surface area contributed by atoms with Crippen LogP contribution in [-0.2, 0) is 6.54 Å². The van der Waals surface area contributed by atoms with Crippen LogP contribution in [0.5, 0.6) is 0 Å². The predicted molar refractivity (Wildman–Crippen MR) is 74.1 cm³/mol. The summed E-state index contributed by atoms with van der Waals surface area (Å²) < 4.78 is 2.30. The van der Waals surface area contributed by atoms with Gasteiger partial charge in [0, 0.05) is 5.38 Å². The Bertz CT molecular complexity index is 509. The maximum absolute atomic E-state index is 3.56. The Kier molecular flexibility index (Phi) is 3.48. The van der Waals surface area contributed by atoms with Gasteiger partial charge in [-0.1, -0.05) is 29.5 Å². The molecule has 0 atom stereocenters. The highest BCUT2D eigenvalue weighted by atomic mass is 32.1. The normalized spacial score (nSPS) is 10.6. The molecule has 90 valence electrons. The molecule has 0 aliphatic carbocycles. The zero-order valence-electron chi connectivity index (χ0n) is 10.9. The van der Waals surface area contributed by atoms with Crippen molar-refractivity contribution in [3.8, 4) is 0 Å². The summed E-state index contributed by atoms with van der Waals surface area (Å²) in [6, 6.07) is 6.39. The van der Waals surface area contributed by atoms with Crippen molar-refractivity contribution in [2.45, 2.75) is 34.2 Å². The van der Waals surface area contributed by atoms with Crippen LogP contribution in [0.2, 0.25) is 0 Å². The first kappa shape index (κ1) is 12.1. The van der Waals surface area contributed by atoms with Crippen LogP contribution in [0.4, 0.5) is 10.8 Å². The van der Waals surface area contributed by atoms with Crippen molar-refractivity contribution < 1.29 is 4.57 Å². The van der Waals surface area contributed by atoms with Crippen molar-refractivity contribution in [3.05, 3.63) is 40.4 Å². The van der Waals surface area contributed by atoms with Gasteiger partial charge in [0.25, 0.3) is 0 Å². The second kappa shape index (κ2) is 4.88. The van der Waals surface area contributed by atoms with Gasteiger partial charge in [0.1, 0.15) is 11.4 Å². The van der Waals surface area contributed by atoms with Crippen molar-refractivity contribution in [2.24, 2.45) is 0 Å². The fraction of sp³-hybridized carbons (Fsp3) is 0.357.